The van der Waals surface area contributed by atoms with Crippen LogP contribution >= 0.6 is 0 Å². The van der Waals surface area contributed by atoms with Crippen LogP contribution in [0.25, 0.3) is 0 Å². The van der Waals surface area contributed by atoms with Crippen LogP contribution < -0.4 is 10.5 Å². The Labute approximate surface area is 115 Å². The standard InChI is InChI=1S/C15H14FNO3/c16-10-20-13-8-6-12(7-9-13)15(19,14(17)18)11-4-2-1-3-5-11/h1-9,19H,10H2,(H2,17,18). The molecule has 20 heavy (non-hydrogen) atoms. The monoisotopic (exact) mass is 275 g/mol. The number of nitrogens with two attached hydrogens (primary N) is 1. The number of aliphatic hydroxyl groups is 1. The summed E-state index contributed by atoms with van der Waals surface area (Å²) in [6.07, 6.45) is 0. The molecule has 0 aliphatic heterocycles. The molecule has 0 bridgehead atoms. The highest BCUT2D eigenvalue weighted by Crippen LogP contribution is 2.30. The molecule has 0 saturated heterocycles. The Morgan fingerprint density at radius 3 is 2.15 bits per heavy atom. The second-order valence-corrected chi connectivity index (χ2v) is 4.22. The zero-order valence-electron chi connectivity index (χ0n) is 10.6. The lowest BCUT2D eigenvalue weighted by Gasteiger charge is -2.25. The number of ether oxygens (including phenoxy) is 1. The number of amides is 1. The number of carbonyl (C=O) groups is 1. The van der Waals surface area contributed by atoms with Crippen LogP contribution in [-0.2, 0) is 10.4 Å². The third-order valence-corrected chi connectivity index (χ3v) is 3.04. The van der Waals surface area contributed by atoms with Gasteiger partial charge in [-0.3, -0.25) is 4.79 Å². The first-order chi connectivity index (χ1) is 9.59. The normalized spacial score (nSPS) is 13.5. The lowest BCUT2D eigenvalue weighted by Crippen LogP contribution is -2.42. The number of carbonyl (C=O) groups excluding carboxylic acids is 1. The van der Waals surface area contributed by atoms with Gasteiger partial charge in [-0.05, 0) is 23.3 Å². The van der Waals surface area contributed by atoms with Crippen LogP contribution in [0.1, 0.15) is 11.1 Å². The van der Waals surface area contributed by atoms with Crippen LogP contribution in [0, 0.1) is 0 Å². The minimum absolute atomic E-state index is 0.294. The van der Waals surface area contributed by atoms with Gasteiger partial charge < -0.3 is 15.6 Å². The van der Waals surface area contributed by atoms with Crippen molar-refractivity contribution in [3.8, 4) is 5.75 Å². The molecule has 0 aromatic heterocycles. The van der Waals surface area contributed by atoms with Gasteiger partial charge >= 0.3 is 0 Å². The molecule has 0 radical (unpaired) electrons. The molecule has 3 N–H and O–H groups in total. The number of benzene rings is 2. The van der Waals surface area contributed by atoms with Crippen LogP contribution in [0.4, 0.5) is 4.39 Å². The van der Waals surface area contributed by atoms with Gasteiger partial charge in [0.05, 0.1) is 0 Å². The highest BCUT2D eigenvalue weighted by Gasteiger charge is 2.37. The highest BCUT2D eigenvalue weighted by atomic mass is 19.1. The van der Waals surface area contributed by atoms with Crippen LogP contribution in [0.15, 0.2) is 54.6 Å². The maximum atomic E-state index is 12.1. The summed E-state index contributed by atoms with van der Waals surface area (Å²) in [5.74, 6) is -0.584. The number of alkyl halides is 1. The van der Waals surface area contributed by atoms with Crippen LogP contribution in [0.5, 0.6) is 5.75 Å². The quantitative estimate of drug-likeness (QED) is 0.872. The first kappa shape index (κ1) is 14.0. The molecule has 4 nitrogen and oxygen atoms in total. The number of halogens is 1. The Balaban J connectivity index is 2.46. The van der Waals surface area contributed by atoms with Gasteiger partial charge in [0.2, 0.25) is 6.86 Å². The molecule has 0 saturated carbocycles. The van der Waals surface area contributed by atoms with Gasteiger partial charge in [-0.2, -0.15) is 0 Å². The molecular weight excluding hydrogens is 261 g/mol. The molecule has 1 amide bonds. The van der Waals surface area contributed by atoms with Crippen molar-refractivity contribution >= 4 is 5.91 Å². The van der Waals surface area contributed by atoms with Gasteiger partial charge in [-0.25, -0.2) is 4.39 Å². The first-order valence-corrected chi connectivity index (χ1v) is 5.96. The van der Waals surface area contributed by atoms with E-state index in [1.807, 2.05) is 0 Å². The fourth-order valence-electron chi connectivity index (χ4n) is 1.99. The minimum Gasteiger partial charge on any atom is -0.463 e. The van der Waals surface area contributed by atoms with Crippen LogP contribution in [0.3, 0.4) is 0 Å². The molecule has 104 valence electrons. The molecule has 0 spiro atoms. The maximum Gasteiger partial charge on any atom is 0.258 e. The molecule has 1 atom stereocenters. The van der Waals surface area contributed by atoms with Crippen molar-refractivity contribution in [1.82, 2.24) is 0 Å². The number of hydrogen-bond acceptors (Lipinski definition) is 3. The average Bonchev–Trinajstić information content (AvgIpc) is 2.48. The first-order valence-electron chi connectivity index (χ1n) is 5.96. The number of primary amides is 1. The molecule has 0 aliphatic carbocycles. The molecule has 0 fully saturated rings. The van der Waals surface area contributed by atoms with E-state index in [2.05, 4.69) is 4.74 Å². The predicted molar refractivity (Wildman–Crippen MR) is 71.7 cm³/mol. The fourth-order valence-corrected chi connectivity index (χ4v) is 1.99. The summed E-state index contributed by atoms with van der Waals surface area (Å²) in [7, 11) is 0. The smallest absolute Gasteiger partial charge is 0.258 e. The van der Waals surface area contributed by atoms with Crippen molar-refractivity contribution < 1.29 is 19.0 Å². The summed E-state index contributed by atoms with van der Waals surface area (Å²) in [6.45, 7) is -0.946. The van der Waals surface area contributed by atoms with E-state index in [0.717, 1.165) is 0 Å². The third-order valence-electron chi connectivity index (χ3n) is 3.04. The van der Waals surface area contributed by atoms with Crippen molar-refractivity contribution in [2.24, 2.45) is 5.73 Å². The van der Waals surface area contributed by atoms with Gasteiger partial charge in [0.15, 0.2) is 5.60 Å². The minimum atomic E-state index is -1.94. The van der Waals surface area contributed by atoms with Crippen molar-refractivity contribution in [3.63, 3.8) is 0 Å². The summed E-state index contributed by atoms with van der Waals surface area (Å²) in [5.41, 5.74) is 4.08. The summed E-state index contributed by atoms with van der Waals surface area (Å²) < 4.78 is 16.7. The summed E-state index contributed by atoms with van der Waals surface area (Å²) in [5, 5.41) is 10.7. The van der Waals surface area contributed by atoms with Gasteiger partial charge in [-0.15, -0.1) is 0 Å². The third kappa shape index (κ3) is 2.48. The summed E-state index contributed by atoms with van der Waals surface area (Å²) in [4.78, 5) is 11.7. The van der Waals surface area contributed by atoms with E-state index >= 15 is 0 Å². The molecule has 0 heterocycles. The van der Waals surface area contributed by atoms with E-state index in [1.54, 1.807) is 30.3 Å². The molecule has 1 unspecified atom stereocenters. The van der Waals surface area contributed by atoms with E-state index < -0.39 is 18.4 Å². The van der Waals surface area contributed by atoms with E-state index in [0.29, 0.717) is 16.9 Å². The molecule has 2 aromatic carbocycles. The zero-order valence-corrected chi connectivity index (χ0v) is 10.6. The Kier molecular flexibility index (Phi) is 4.00. The van der Waals surface area contributed by atoms with E-state index in [9.17, 15) is 14.3 Å². The lowest BCUT2D eigenvalue weighted by molar-refractivity contribution is -0.133. The van der Waals surface area contributed by atoms with E-state index in [-0.39, 0.29) is 0 Å². The highest BCUT2D eigenvalue weighted by molar-refractivity contribution is 5.88. The fraction of sp³-hybridized carbons (Fsp3) is 0.133. The maximum absolute atomic E-state index is 12.1. The second-order valence-electron chi connectivity index (χ2n) is 4.22. The molecular formula is C15H14FNO3. The largest absolute Gasteiger partial charge is 0.463 e. The van der Waals surface area contributed by atoms with Gasteiger partial charge in [0.1, 0.15) is 5.75 Å². The van der Waals surface area contributed by atoms with E-state index in [4.69, 9.17) is 5.73 Å². The van der Waals surface area contributed by atoms with Gasteiger partial charge in [-0.1, -0.05) is 42.5 Å². The summed E-state index contributed by atoms with van der Waals surface area (Å²) in [6, 6.07) is 14.3. The van der Waals surface area contributed by atoms with E-state index in [1.165, 1.54) is 24.3 Å². The number of rotatable bonds is 5. The Morgan fingerprint density at radius 2 is 1.65 bits per heavy atom. The Hall–Kier alpha value is -2.40. The average molecular weight is 275 g/mol. The molecule has 5 heteroatoms. The van der Waals surface area contributed by atoms with Gasteiger partial charge in [0, 0.05) is 0 Å². The zero-order chi connectivity index (χ0) is 14.6. The second kappa shape index (κ2) is 5.71. The molecule has 2 rings (SSSR count). The molecule has 2 aromatic rings. The van der Waals surface area contributed by atoms with Crippen molar-refractivity contribution in [2.45, 2.75) is 5.60 Å². The Bertz CT molecular complexity index is 586. The van der Waals surface area contributed by atoms with Crippen molar-refractivity contribution in [2.75, 3.05) is 6.86 Å². The SMILES string of the molecule is NC(=O)C(O)(c1ccccc1)c1ccc(OCF)cc1. The number of hydrogen-bond donors (Lipinski definition) is 2. The Morgan fingerprint density at radius 1 is 1.10 bits per heavy atom. The van der Waals surface area contributed by atoms with Crippen LogP contribution in [-0.4, -0.2) is 17.9 Å². The molecule has 0 aliphatic rings. The van der Waals surface area contributed by atoms with Crippen molar-refractivity contribution in [1.29, 1.82) is 0 Å². The van der Waals surface area contributed by atoms with Gasteiger partial charge in [0.25, 0.3) is 5.91 Å². The van der Waals surface area contributed by atoms with Crippen molar-refractivity contribution in [3.05, 3.63) is 65.7 Å². The summed E-state index contributed by atoms with van der Waals surface area (Å²) >= 11 is 0. The predicted octanol–water partition coefficient (Wildman–Crippen LogP) is 1.71. The topological polar surface area (TPSA) is 72.6 Å². The lowest BCUT2D eigenvalue weighted by atomic mass is 9.86. The van der Waals surface area contributed by atoms with Crippen LogP contribution in [0.2, 0.25) is 0 Å².